The molecule has 8 nitrogen and oxygen atoms in total. The SMILES string of the molecule is CC(Oc1ccc(C(=O)NC[C@@H](C(=O)NO)N2CCSCC2)cc1)C1CCNCC1. The van der Waals surface area contributed by atoms with Gasteiger partial charge >= 0.3 is 0 Å². The first-order valence-corrected chi connectivity index (χ1v) is 11.8. The van der Waals surface area contributed by atoms with Crippen LogP contribution in [0.15, 0.2) is 24.3 Å². The quantitative estimate of drug-likeness (QED) is 0.358. The standard InChI is InChI=1S/C21H32N4O4S/c1-15(16-6-8-22-9-7-16)29-18-4-2-17(3-5-18)20(26)23-14-19(21(27)24-28)25-10-12-30-13-11-25/h2-5,15-16,19,22,28H,6-14H2,1H3,(H,23,26)(H,24,27)/t15?,19-/m0/s1. The average molecular weight is 437 g/mol. The van der Waals surface area contributed by atoms with E-state index < -0.39 is 11.9 Å². The smallest absolute Gasteiger partial charge is 0.262 e. The highest BCUT2D eigenvalue weighted by atomic mass is 32.2. The van der Waals surface area contributed by atoms with Crippen LogP contribution in [0.1, 0.15) is 30.1 Å². The molecule has 0 spiro atoms. The van der Waals surface area contributed by atoms with Crippen LogP contribution < -0.4 is 20.9 Å². The number of benzene rings is 1. The summed E-state index contributed by atoms with van der Waals surface area (Å²) in [5.74, 6) is 2.40. The van der Waals surface area contributed by atoms with E-state index in [-0.39, 0.29) is 18.6 Å². The van der Waals surface area contributed by atoms with Gasteiger partial charge < -0.3 is 15.4 Å². The molecule has 2 saturated heterocycles. The molecule has 1 unspecified atom stereocenters. The van der Waals surface area contributed by atoms with Crippen LogP contribution in [0.4, 0.5) is 0 Å². The molecule has 0 aliphatic carbocycles. The number of ether oxygens (including phenoxy) is 1. The van der Waals surface area contributed by atoms with Crippen LogP contribution in [-0.2, 0) is 4.79 Å². The number of nitrogens with zero attached hydrogens (tertiary/aromatic N) is 1. The van der Waals surface area contributed by atoms with Crippen molar-refractivity contribution < 1.29 is 19.5 Å². The first-order valence-electron chi connectivity index (χ1n) is 10.6. The summed E-state index contributed by atoms with van der Waals surface area (Å²) in [6, 6.07) is 6.50. The Bertz CT molecular complexity index is 691. The summed E-state index contributed by atoms with van der Waals surface area (Å²) < 4.78 is 6.06. The van der Waals surface area contributed by atoms with Gasteiger partial charge in [-0.05, 0) is 63.0 Å². The Morgan fingerprint density at radius 1 is 1.23 bits per heavy atom. The summed E-state index contributed by atoms with van der Waals surface area (Å²) in [7, 11) is 0. The minimum Gasteiger partial charge on any atom is -0.490 e. The maximum absolute atomic E-state index is 12.5. The highest BCUT2D eigenvalue weighted by Gasteiger charge is 2.27. The fourth-order valence-electron chi connectivity index (χ4n) is 3.95. The Kier molecular flexibility index (Phi) is 8.80. The van der Waals surface area contributed by atoms with Gasteiger partial charge in [0.1, 0.15) is 11.8 Å². The number of rotatable bonds is 8. The first-order chi connectivity index (χ1) is 14.6. The maximum Gasteiger partial charge on any atom is 0.262 e. The van der Waals surface area contributed by atoms with E-state index in [0.29, 0.717) is 11.5 Å². The molecule has 0 radical (unpaired) electrons. The maximum atomic E-state index is 12.5. The van der Waals surface area contributed by atoms with Crippen molar-refractivity contribution in [3.63, 3.8) is 0 Å². The summed E-state index contributed by atoms with van der Waals surface area (Å²) in [6.45, 7) is 5.80. The zero-order valence-corrected chi connectivity index (χ0v) is 18.2. The van der Waals surface area contributed by atoms with Crippen LogP contribution >= 0.6 is 11.8 Å². The van der Waals surface area contributed by atoms with E-state index in [4.69, 9.17) is 9.94 Å². The number of carbonyl (C=O) groups is 2. The van der Waals surface area contributed by atoms with E-state index in [1.165, 1.54) is 0 Å². The lowest BCUT2D eigenvalue weighted by Gasteiger charge is -2.32. The number of hydroxylamine groups is 1. The molecule has 9 heteroatoms. The van der Waals surface area contributed by atoms with Crippen LogP contribution in [0.3, 0.4) is 0 Å². The van der Waals surface area contributed by atoms with Gasteiger partial charge in [-0.3, -0.25) is 19.7 Å². The van der Waals surface area contributed by atoms with Gasteiger partial charge in [-0.15, -0.1) is 0 Å². The van der Waals surface area contributed by atoms with Crippen molar-refractivity contribution in [1.82, 2.24) is 21.0 Å². The second-order valence-corrected chi connectivity index (χ2v) is 9.01. The van der Waals surface area contributed by atoms with Crippen molar-refractivity contribution in [2.45, 2.75) is 31.9 Å². The van der Waals surface area contributed by atoms with Crippen molar-refractivity contribution in [1.29, 1.82) is 0 Å². The lowest BCUT2D eigenvalue weighted by atomic mass is 9.93. The second-order valence-electron chi connectivity index (χ2n) is 7.78. The van der Waals surface area contributed by atoms with Crippen LogP contribution in [-0.4, -0.2) is 78.3 Å². The van der Waals surface area contributed by atoms with Gasteiger partial charge in [0.2, 0.25) is 0 Å². The summed E-state index contributed by atoms with van der Waals surface area (Å²) in [4.78, 5) is 26.6. The minimum atomic E-state index is -0.590. The molecule has 2 aliphatic rings. The van der Waals surface area contributed by atoms with Crippen molar-refractivity contribution in [2.24, 2.45) is 5.92 Å². The lowest BCUT2D eigenvalue weighted by molar-refractivity contribution is -0.134. The molecule has 2 aliphatic heterocycles. The highest BCUT2D eigenvalue weighted by molar-refractivity contribution is 7.99. The van der Waals surface area contributed by atoms with Gasteiger partial charge in [0.05, 0.1) is 6.10 Å². The molecule has 2 atom stereocenters. The zero-order valence-electron chi connectivity index (χ0n) is 17.4. The molecule has 166 valence electrons. The Balaban J connectivity index is 1.52. The van der Waals surface area contributed by atoms with Crippen molar-refractivity contribution in [2.75, 3.05) is 44.2 Å². The van der Waals surface area contributed by atoms with Gasteiger partial charge in [0, 0.05) is 36.7 Å². The van der Waals surface area contributed by atoms with E-state index in [1.54, 1.807) is 17.6 Å². The van der Waals surface area contributed by atoms with E-state index >= 15 is 0 Å². The molecular formula is C21H32N4O4S. The fourth-order valence-corrected chi connectivity index (χ4v) is 4.88. The molecule has 1 aromatic rings. The molecule has 2 fully saturated rings. The number of piperidine rings is 1. The average Bonchev–Trinajstić information content (AvgIpc) is 2.80. The van der Waals surface area contributed by atoms with E-state index in [9.17, 15) is 9.59 Å². The van der Waals surface area contributed by atoms with Gasteiger partial charge in [0.15, 0.2) is 0 Å². The number of amides is 2. The predicted octanol–water partition coefficient (Wildman–Crippen LogP) is 1.11. The molecule has 4 N–H and O–H groups in total. The summed E-state index contributed by atoms with van der Waals surface area (Å²) in [5, 5.41) is 15.2. The van der Waals surface area contributed by atoms with Crippen molar-refractivity contribution in [3.8, 4) is 5.75 Å². The van der Waals surface area contributed by atoms with Crippen LogP contribution in [0, 0.1) is 5.92 Å². The monoisotopic (exact) mass is 436 g/mol. The van der Waals surface area contributed by atoms with E-state index in [0.717, 1.165) is 56.3 Å². The molecule has 2 amide bonds. The van der Waals surface area contributed by atoms with Gasteiger partial charge in [0.25, 0.3) is 11.8 Å². The third-order valence-electron chi connectivity index (χ3n) is 5.84. The van der Waals surface area contributed by atoms with Crippen LogP contribution in [0.2, 0.25) is 0 Å². The Morgan fingerprint density at radius 3 is 2.53 bits per heavy atom. The largest absolute Gasteiger partial charge is 0.490 e. The van der Waals surface area contributed by atoms with Gasteiger partial charge in [-0.2, -0.15) is 11.8 Å². The fraction of sp³-hybridized carbons (Fsp3) is 0.619. The van der Waals surface area contributed by atoms with E-state index in [1.807, 2.05) is 28.8 Å². The molecule has 2 heterocycles. The summed E-state index contributed by atoms with van der Waals surface area (Å²) in [5.41, 5.74) is 2.23. The Labute approximate surface area is 182 Å². The number of hydrogen-bond donors (Lipinski definition) is 4. The molecule has 0 bridgehead atoms. The molecule has 0 aromatic heterocycles. The molecule has 1 aromatic carbocycles. The second kappa shape index (κ2) is 11.5. The minimum absolute atomic E-state index is 0.132. The summed E-state index contributed by atoms with van der Waals surface area (Å²) in [6.07, 6.45) is 2.35. The van der Waals surface area contributed by atoms with Crippen molar-refractivity contribution in [3.05, 3.63) is 29.8 Å². The Morgan fingerprint density at radius 2 is 1.90 bits per heavy atom. The molecule has 3 rings (SSSR count). The number of nitrogens with one attached hydrogen (secondary N) is 3. The predicted molar refractivity (Wildman–Crippen MR) is 117 cm³/mol. The third kappa shape index (κ3) is 6.34. The lowest BCUT2D eigenvalue weighted by Crippen LogP contribution is -2.54. The first kappa shape index (κ1) is 22.9. The molecule has 0 saturated carbocycles. The van der Waals surface area contributed by atoms with Gasteiger partial charge in [-0.1, -0.05) is 0 Å². The number of carbonyl (C=O) groups excluding carboxylic acids is 2. The van der Waals surface area contributed by atoms with Crippen LogP contribution in [0.5, 0.6) is 5.75 Å². The van der Waals surface area contributed by atoms with Crippen molar-refractivity contribution >= 4 is 23.6 Å². The van der Waals surface area contributed by atoms with E-state index in [2.05, 4.69) is 17.6 Å². The van der Waals surface area contributed by atoms with Crippen LogP contribution in [0.25, 0.3) is 0 Å². The number of hydrogen-bond acceptors (Lipinski definition) is 7. The number of thioether (sulfide) groups is 1. The topological polar surface area (TPSA) is 103 Å². The third-order valence-corrected chi connectivity index (χ3v) is 6.78. The Hall–Kier alpha value is -1.81. The van der Waals surface area contributed by atoms with Gasteiger partial charge in [-0.25, -0.2) is 5.48 Å². The molecule has 30 heavy (non-hydrogen) atoms. The zero-order chi connectivity index (χ0) is 21.3. The summed E-state index contributed by atoms with van der Waals surface area (Å²) >= 11 is 1.83. The highest BCUT2D eigenvalue weighted by Crippen LogP contribution is 2.22. The normalized spacial score (nSPS) is 20.2. The molecular weight excluding hydrogens is 404 g/mol.